The molecule has 0 spiro atoms. The predicted molar refractivity (Wildman–Crippen MR) is 89.0 cm³/mol. The summed E-state index contributed by atoms with van der Waals surface area (Å²) >= 11 is 12.8. The van der Waals surface area contributed by atoms with Crippen molar-refractivity contribution in [1.29, 1.82) is 0 Å². The monoisotopic (exact) mass is 330 g/mol. The predicted octanol–water partition coefficient (Wildman–Crippen LogP) is 6.14. The third-order valence-corrected chi connectivity index (χ3v) is 4.59. The van der Waals surface area contributed by atoms with E-state index in [4.69, 9.17) is 32.7 Å². The number of benzene rings is 1. The second-order valence-electron chi connectivity index (χ2n) is 5.54. The van der Waals surface area contributed by atoms with Crippen LogP contribution in [0.1, 0.15) is 62.8 Å². The molecule has 0 N–H and O–H groups in total. The summed E-state index contributed by atoms with van der Waals surface area (Å²) in [5.41, 5.74) is 0.955. The van der Waals surface area contributed by atoms with Gasteiger partial charge in [-0.15, -0.1) is 11.6 Å². The third kappa shape index (κ3) is 4.96. The Hall–Kier alpha value is -0.600. The molecule has 1 aliphatic rings. The zero-order valence-corrected chi connectivity index (χ0v) is 14.2. The van der Waals surface area contributed by atoms with Crippen molar-refractivity contribution in [2.24, 2.45) is 0 Å². The molecule has 1 atom stereocenters. The van der Waals surface area contributed by atoms with Gasteiger partial charge in [0, 0.05) is 11.1 Å². The first kappa shape index (κ1) is 16.8. The van der Waals surface area contributed by atoms with Crippen LogP contribution in [-0.2, 0) is 0 Å². The molecule has 21 heavy (non-hydrogen) atoms. The van der Waals surface area contributed by atoms with Gasteiger partial charge in [-0.3, -0.25) is 0 Å². The summed E-state index contributed by atoms with van der Waals surface area (Å²) in [5.74, 6) is 1.48. The number of rotatable bonds is 8. The van der Waals surface area contributed by atoms with E-state index in [-0.39, 0.29) is 5.38 Å². The average Bonchev–Trinajstić information content (AvgIpc) is 2.49. The van der Waals surface area contributed by atoms with Crippen molar-refractivity contribution in [2.75, 3.05) is 13.2 Å². The summed E-state index contributed by atoms with van der Waals surface area (Å²) in [6.07, 6.45) is 8.57. The van der Waals surface area contributed by atoms with Crippen molar-refractivity contribution >= 4 is 23.2 Å². The van der Waals surface area contributed by atoms with Crippen LogP contribution in [0.25, 0.3) is 0 Å². The number of hydrogen-bond acceptors (Lipinski definition) is 2. The van der Waals surface area contributed by atoms with Crippen LogP contribution >= 0.6 is 23.2 Å². The van der Waals surface area contributed by atoms with E-state index in [2.05, 4.69) is 6.92 Å². The molecule has 0 amide bonds. The number of ether oxygens (including phenoxy) is 2. The first-order valence-electron chi connectivity index (χ1n) is 7.95. The van der Waals surface area contributed by atoms with E-state index in [0.29, 0.717) is 18.2 Å². The lowest BCUT2D eigenvalue weighted by Crippen LogP contribution is -2.15. The van der Waals surface area contributed by atoms with Gasteiger partial charge in [0.2, 0.25) is 0 Å². The Morgan fingerprint density at radius 1 is 1.00 bits per heavy atom. The van der Waals surface area contributed by atoms with Crippen molar-refractivity contribution in [3.8, 4) is 11.5 Å². The number of fused-ring (bicyclic) bond motifs is 1. The molecule has 1 aromatic rings. The molecular formula is C17H24Cl2O2. The largest absolute Gasteiger partial charge is 0.486 e. The Morgan fingerprint density at radius 3 is 2.33 bits per heavy atom. The van der Waals surface area contributed by atoms with Gasteiger partial charge in [0.25, 0.3) is 0 Å². The van der Waals surface area contributed by atoms with Crippen LogP contribution in [0.2, 0.25) is 5.02 Å². The maximum atomic E-state index is 6.51. The first-order valence-corrected chi connectivity index (χ1v) is 8.77. The number of hydrogen-bond donors (Lipinski definition) is 0. The zero-order chi connectivity index (χ0) is 15.1. The average molecular weight is 331 g/mol. The van der Waals surface area contributed by atoms with Crippen LogP contribution < -0.4 is 9.47 Å². The highest BCUT2D eigenvalue weighted by molar-refractivity contribution is 6.33. The second kappa shape index (κ2) is 8.75. The molecule has 0 radical (unpaired) electrons. The van der Waals surface area contributed by atoms with Crippen molar-refractivity contribution in [3.63, 3.8) is 0 Å². The number of halogens is 2. The minimum absolute atomic E-state index is 0.0560. The zero-order valence-electron chi connectivity index (χ0n) is 12.7. The number of unbranched alkanes of at least 4 members (excludes halogenated alkanes) is 5. The third-order valence-electron chi connectivity index (χ3n) is 3.81. The smallest absolute Gasteiger partial charge is 0.162 e. The van der Waals surface area contributed by atoms with Crippen molar-refractivity contribution < 1.29 is 9.47 Å². The van der Waals surface area contributed by atoms with Crippen LogP contribution in [0, 0.1) is 0 Å². The van der Waals surface area contributed by atoms with Gasteiger partial charge in [-0.25, -0.2) is 0 Å². The highest BCUT2D eigenvalue weighted by Gasteiger charge is 2.19. The van der Waals surface area contributed by atoms with Crippen LogP contribution in [0.3, 0.4) is 0 Å². The molecule has 2 rings (SSSR count). The topological polar surface area (TPSA) is 18.5 Å². The Labute approximate surface area is 137 Å². The molecule has 0 saturated carbocycles. The highest BCUT2D eigenvalue weighted by atomic mass is 35.5. The quantitative estimate of drug-likeness (QED) is 0.421. The summed E-state index contributed by atoms with van der Waals surface area (Å²) in [6.45, 7) is 3.39. The Morgan fingerprint density at radius 2 is 1.62 bits per heavy atom. The van der Waals surface area contributed by atoms with Gasteiger partial charge in [-0.2, -0.15) is 0 Å². The second-order valence-corrected chi connectivity index (χ2v) is 6.48. The minimum Gasteiger partial charge on any atom is -0.486 e. The minimum atomic E-state index is -0.0560. The van der Waals surface area contributed by atoms with Gasteiger partial charge in [-0.1, -0.05) is 57.0 Å². The fourth-order valence-corrected chi connectivity index (χ4v) is 3.26. The fraction of sp³-hybridized carbons (Fsp3) is 0.647. The lowest BCUT2D eigenvalue weighted by molar-refractivity contribution is 0.171. The standard InChI is InChI=1S/C17H24Cl2O2/c1-2-3-4-5-6-7-8-14(18)13-11-16-17(12-15(13)19)21-10-9-20-16/h11-12,14H,2-10H2,1H3. The van der Waals surface area contributed by atoms with Gasteiger partial charge in [0.15, 0.2) is 11.5 Å². The van der Waals surface area contributed by atoms with E-state index < -0.39 is 0 Å². The molecule has 0 fully saturated rings. The molecule has 0 aromatic heterocycles. The van der Waals surface area contributed by atoms with Gasteiger partial charge in [0.05, 0.1) is 5.38 Å². The normalized spacial score (nSPS) is 15.0. The molecule has 4 heteroatoms. The Kier molecular flexibility index (Phi) is 6.98. The Balaban J connectivity index is 1.85. The lowest BCUT2D eigenvalue weighted by Gasteiger charge is -2.21. The maximum Gasteiger partial charge on any atom is 0.162 e. The number of alkyl halides is 1. The molecule has 0 saturated heterocycles. The SMILES string of the molecule is CCCCCCCCC(Cl)c1cc2c(cc1Cl)OCCO2. The molecule has 1 heterocycles. The fourth-order valence-electron chi connectivity index (χ4n) is 2.58. The summed E-state index contributed by atoms with van der Waals surface area (Å²) in [6, 6.07) is 3.76. The summed E-state index contributed by atoms with van der Waals surface area (Å²) in [5, 5.41) is 0.615. The summed E-state index contributed by atoms with van der Waals surface area (Å²) in [7, 11) is 0. The molecule has 2 nitrogen and oxygen atoms in total. The van der Waals surface area contributed by atoms with Crippen LogP contribution in [0.15, 0.2) is 12.1 Å². The molecule has 118 valence electrons. The van der Waals surface area contributed by atoms with Crippen LogP contribution in [0.4, 0.5) is 0 Å². The van der Waals surface area contributed by atoms with Crippen molar-refractivity contribution in [1.82, 2.24) is 0 Å². The molecule has 1 unspecified atom stereocenters. The van der Waals surface area contributed by atoms with E-state index in [0.717, 1.165) is 29.9 Å². The van der Waals surface area contributed by atoms with Gasteiger partial charge in [0.1, 0.15) is 13.2 Å². The highest BCUT2D eigenvalue weighted by Crippen LogP contribution is 2.40. The maximum absolute atomic E-state index is 6.51. The van der Waals surface area contributed by atoms with Crippen LogP contribution in [0.5, 0.6) is 11.5 Å². The van der Waals surface area contributed by atoms with E-state index in [1.54, 1.807) is 0 Å². The molecule has 1 aliphatic heterocycles. The van der Waals surface area contributed by atoms with Crippen LogP contribution in [-0.4, -0.2) is 13.2 Å². The van der Waals surface area contributed by atoms with Gasteiger partial charge >= 0.3 is 0 Å². The summed E-state index contributed by atoms with van der Waals surface area (Å²) < 4.78 is 11.1. The molecule has 1 aromatic carbocycles. The molecule has 0 bridgehead atoms. The van der Waals surface area contributed by atoms with Crippen molar-refractivity contribution in [2.45, 2.75) is 57.2 Å². The van der Waals surface area contributed by atoms with E-state index in [1.165, 1.54) is 32.1 Å². The lowest BCUT2D eigenvalue weighted by atomic mass is 10.0. The van der Waals surface area contributed by atoms with Gasteiger partial charge in [-0.05, 0) is 18.1 Å². The summed E-state index contributed by atoms with van der Waals surface area (Å²) in [4.78, 5) is 0. The Bertz CT molecular complexity index is 449. The molecule has 0 aliphatic carbocycles. The van der Waals surface area contributed by atoms with Gasteiger partial charge < -0.3 is 9.47 Å². The van der Waals surface area contributed by atoms with E-state index in [9.17, 15) is 0 Å². The molecular weight excluding hydrogens is 307 g/mol. The van der Waals surface area contributed by atoms with E-state index >= 15 is 0 Å². The van der Waals surface area contributed by atoms with E-state index in [1.807, 2.05) is 12.1 Å². The van der Waals surface area contributed by atoms with Crippen molar-refractivity contribution in [3.05, 3.63) is 22.7 Å². The first-order chi connectivity index (χ1) is 10.2.